The second-order valence-corrected chi connectivity index (χ2v) is 9.21. The lowest BCUT2D eigenvalue weighted by Crippen LogP contribution is -2.43. The summed E-state index contributed by atoms with van der Waals surface area (Å²) < 4.78 is 0. The first-order valence-corrected chi connectivity index (χ1v) is 7.77. The van der Waals surface area contributed by atoms with Crippen molar-refractivity contribution in [2.24, 2.45) is 0 Å². The van der Waals surface area contributed by atoms with Crippen molar-refractivity contribution in [1.29, 1.82) is 0 Å². The fraction of sp³-hybridized carbons (Fsp3) is 1.00. The summed E-state index contributed by atoms with van der Waals surface area (Å²) >= 11 is 12.2. The average Bonchev–Trinajstić information content (AvgIpc) is 1.86. The summed E-state index contributed by atoms with van der Waals surface area (Å²) in [5.41, 5.74) is 0.427. The van der Waals surface area contributed by atoms with Gasteiger partial charge in [-0.05, 0) is 12.1 Å². The van der Waals surface area contributed by atoms with Crippen molar-refractivity contribution in [2.45, 2.75) is 32.7 Å². The van der Waals surface area contributed by atoms with Gasteiger partial charge in [-0.25, -0.2) is 0 Å². The Labute approximate surface area is 73.6 Å². The number of nitrogens with one attached hydrogen (secondary N) is 1. The molecular weight excluding hydrogens is 185 g/mol. The minimum atomic E-state index is -2.11. The molecule has 0 saturated heterocycles. The maximum Gasteiger partial charge on any atom is 0.325 e. The molecule has 0 aliphatic heterocycles. The van der Waals surface area contributed by atoms with Crippen LogP contribution in [0.1, 0.15) is 27.2 Å². The zero-order valence-electron chi connectivity index (χ0n) is 6.75. The standard InChI is InChI=1S/C6H15Cl2NSi/c1-4-6(3)10(7,8)9-5-2/h6,9H,4-5H2,1-3H3. The van der Waals surface area contributed by atoms with Crippen LogP contribution >= 0.6 is 22.2 Å². The Morgan fingerprint density at radius 3 is 2.20 bits per heavy atom. The second-order valence-electron chi connectivity index (χ2n) is 2.46. The molecular formula is C6H15Cl2NSi. The molecule has 1 atom stereocenters. The summed E-state index contributed by atoms with van der Waals surface area (Å²) in [4.78, 5) is 3.14. The Morgan fingerprint density at radius 2 is 1.90 bits per heavy atom. The van der Waals surface area contributed by atoms with Crippen LogP contribution in [0.25, 0.3) is 0 Å². The van der Waals surface area contributed by atoms with Gasteiger partial charge in [0.2, 0.25) is 0 Å². The molecule has 1 unspecified atom stereocenters. The highest BCUT2D eigenvalue weighted by Gasteiger charge is 2.33. The number of halogens is 2. The van der Waals surface area contributed by atoms with Crippen LogP contribution in [-0.2, 0) is 0 Å². The smallest absolute Gasteiger partial charge is 0.314 e. The maximum atomic E-state index is 6.08. The molecule has 0 rings (SSSR count). The Kier molecular flexibility index (Phi) is 4.95. The number of rotatable bonds is 4. The molecule has 0 radical (unpaired) electrons. The summed E-state index contributed by atoms with van der Waals surface area (Å²) in [5, 5.41) is 0. The van der Waals surface area contributed by atoms with E-state index >= 15 is 0 Å². The van der Waals surface area contributed by atoms with Crippen LogP contribution < -0.4 is 4.98 Å². The molecule has 0 heterocycles. The summed E-state index contributed by atoms with van der Waals surface area (Å²) in [6, 6.07) is 0. The summed E-state index contributed by atoms with van der Waals surface area (Å²) in [7, 11) is 0. The van der Waals surface area contributed by atoms with Crippen molar-refractivity contribution in [3.63, 3.8) is 0 Å². The first-order chi connectivity index (χ1) is 4.54. The van der Waals surface area contributed by atoms with Crippen molar-refractivity contribution < 1.29 is 0 Å². The van der Waals surface area contributed by atoms with Gasteiger partial charge in [-0.1, -0.05) is 27.2 Å². The van der Waals surface area contributed by atoms with Crippen LogP contribution in [0.4, 0.5) is 0 Å². The maximum absolute atomic E-state index is 6.08. The molecule has 0 fully saturated rings. The van der Waals surface area contributed by atoms with Crippen LogP contribution in [0.5, 0.6) is 0 Å². The van der Waals surface area contributed by atoms with Crippen LogP contribution in [-0.4, -0.2) is 13.4 Å². The highest BCUT2D eigenvalue weighted by Crippen LogP contribution is 2.28. The molecule has 0 aliphatic rings. The third-order valence-electron chi connectivity index (χ3n) is 1.64. The van der Waals surface area contributed by atoms with E-state index in [1.807, 2.05) is 6.92 Å². The molecule has 1 N–H and O–H groups in total. The third kappa shape index (κ3) is 3.24. The van der Waals surface area contributed by atoms with E-state index < -0.39 is 6.86 Å². The first-order valence-electron chi connectivity index (χ1n) is 3.67. The van der Waals surface area contributed by atoms with Crippen molar-refractivity contribution in [3.8, 4) is 0 Å². The molecule has 0 aromatic heterocycles. The van der Waals surface area contributed by atoms with Gasteiger partial charge in [0, 0.05) is 0 Å². The van der Waals surface area contributed by atoms with Gasteiger partial charge in [-0.2, -0.15) is 0 Å². The van der Waals surface area contributed by atoms with Crippen LogP contribution in [0.3, 0.4) is 0 Å². The fourth-order valence-corrected chi connectivity index (χ4v) is 3.73. The lowest BCUT2D eigenvalue weighted by molar-refractivity contribution is 0.825. The highest BCUT2D eigenvalue weighted by molar-refractivity contribution is 7.44. The molecule has 0 aliphatic carbocycles. The van der Waals surface area contributed by atoms with Crippen molar-refractivity contribution in [2.75, 3.05) is 6.54 Å². The van der Waals surface area contributed by atoms with E-state index in [9.17, 15) is 0 Å². The van der Waals surface area contributed by atoms with E-state index in [2.05, 4.69) is 18.8 Å². The average molecular weight is 200 g/mol. The van der Waals surface area contributed by atoms with Gasteiger partial charge in [0.05, 0.1) is 0 Å². The zero-order valence-corrected chi connectivity index (χ0v) is 9.26. The largest absolute Gasteiger partial charge is 0.325 e. The summed E-state index contributed by atoms with van der Waals surface area (Å²) in [5.74, 6) is 0. The SMILES string of the molecule is CCN[Si](Cl)(Cl)C(C)CC. The molecule has 10 heavy (non-hydrogen) atoms. The Balaban J connectivity index is 3.82. The van der Waals surface area contributed by atoms with Crippen molar-refractivity contribution >= 4 is 29.0 Å². The van der Waals surface area contributed by atoms with E-state index in [-0.39, 0.29) is 0 Å². The minimum Gasteiger partial charge on any atom is -0.314 e. The molecule has 0 amide bonds. The zero-order chi connectivity index (χ0) is 8.20. The van der Waals surface area contributed by atoms with E-state index in [0.29, 0.717) is 5.54 Å². The predicted octanol–water partition coefficient (Wildman–Crippen LogP) is 2.81. The van der Waals surface area contributed by atoms with Crippen molar-refractivity contribution in [3.05, 3.63) is 0 Å². The highest BCUT2D eigenvalue weighted by atomic mass is 35.7. The molecule has 0 aromatic carbocycles. The van der Waals surface area contributed by atoms with Crippen LogP contribution in [0.15, 0.2) is 0 Å². The minimum absolute atomic E-state index is 0.427. The second kappa shape index (κ2) is 4.60. The van der Waals surface area contributed by atoms with Gasteiger partial charge in [0.1, 0.15) is 0 Å². The normalized spacial score (nSPS) is 15.3. The van der Waals surface area contributed by atoms with Gasteiger partial charge < -0.3 is 4.98 Å². The molecule has 0 spiro atoms. The monoisotopic (exact) mass is 199 g/mol. The quantitative estimate of drug-likeness (QED) is 0.543. The van der Waals surface area contributed by atoms with E-state index in [1.165, 1.54) is 0 Å². The molecule has 0 bridgehead atoms. The van der Waals surface area contributed by atoms with E-state index in [1.54, 1.807) is 0 Å². The molecule has 0 saturated carbocycles. The Bertz CT molecular complexity index is 97.7. The van der Waals surface area contributed by atoms with E-state index in [0.717, 1.165) is 13.0 Å². The van der Waals surface area contributed by atoms with Gasteiger partial charge in [0.15, 0.2) is 0 Å². The molecule has 1 nitrogen and oxygen atoms in total. The van der Waals surface area contributed by atoms with Gasteiger partial charge in [-0.15, -0.1) is 22.2 Å². The summed E-state index contributed by atoms with van der Waals surface area (Å²) in [6.45, 7) is 4.97. The number of hydrogen-bond acceptors (Lipinski definition) is 1. The molecule has 4 heteroatoms. The lowest BCUT2D eigenvalue weighted by atomic mass is 10.4. The van der Waals surface area contributed by atoms with Crippen molar-refractivity contribution in [1.82, 2.24) is 4.98 Å². The Morgan fingerprint density at radius 1 is 1.40 bits per heavy atom. The predicted molar refractivity (Wildman–Crippen MR) is 50.9 cm³/mol. The van der Waals surface area contributed by atoms with E-state index in [4.69, 9.17) is 22.2 Å². The Hall–Kier alpha value is 0.757. The first kappa shape index (κ1) is 10.8. The van der Waals surface area contributed by atoms with Crippen LogP contribution in [0, 0.1) is 0 Å². The fourth-order valence-electron chi connectivity index (χ4n) is 0.666. The van der Waals surface area contributed by atoms with Crippen LogP contribution in [0.2, 0.25) is 5.54 Å². The topological polar surface area (TPSA) is 12.0 Å². The summed E-state index contributed by atoms with van der Waals surface area (Å²) in [6.07, 6.45) is 1.05. The molecule has 0 aromatic rings. The van der Waals surface area contributed by atoms with Gasteiger partial charge >= 0.3 is 6.86 Å². The number of hydrogen-bond donors (Lipinski definition) is 1. The molecule has 62 valence electrons. The van der Waals surface area contributed by atoms with Gasteiger partial charge in [-0.3, -0.25) is 0 Å². The lowest BCUT2D eigenvalue weighted by Gasteiger charge is -2.22. The third-order valence-corrected chi connectivity index (χ3v) is 7.15. The van der Waals surface area contributed by atoms with Gasteiger partial charge in [0.25, 0.3) is 0 Å².